The van der Waals surface area contributed by atoms with Crippen LogP contribution in [0.5, 0.6) is 5.75 Å². The lowest BCUT2D eigenvalue weighted by molar-refractivity contribution is -0.274. The molecule has 45 heavy (non-hydrogen) atoms. The first-order valence-electron chi connectivity index (χ1n) is 14.2. The number of esters is 1. The van der Waals surface area contributed by atoms with E-state index in [2.05, 4.69) is 49.0 Å². The topological polar surface area (TPSA) is 86.9 Å². The third-order valence-corrected chi connectivity index (χ3v) is 9.78. The molecule has 1 aliphatic heterocycles. The quantitative estimate of drug-likeness (QED) is 0.0553. The summed E-state index contributed by atoms with van der Waals surface area (Å²) < 4.78 is 74.9. The Kier molecular flexibility index (Phi) is 9.07. The number of carbonyl (C=O) groups is 1. The minimum atomic E-state index is -4.85. The molecular weight excluding hydrogens is 729 g/mol. The number of aromatic nitrogens is 2. The standard InChI is InChI=1S/C31H28F4IN3O5S/c1-16-11-19(13-26(36)39(16)30-37-24(15-45-30)18-9-10-20(23(32)12-18)29(40)41-2)42-14-22-27(38-44-28(22)17-7-8-17)21-5-3-4-6-25(21)43-31(33,34)35/h3-6,9-10,12,15-17,19,26H,7-8,11,13-14H2,1-2H3/t16-,19+,26-/m1/s1. The van der Waals surface area contributed by atoms with Gasteiger partial charge in [0.05, 0.1) is 35.1 Å². The first-order valence-corrected chi connectivity index (χ1v) is 16.4. The minimum absolute atomic E-state index is 0.0274. The van der Waals surface area contributed by atoms with Crippen LogP contribution in [0.15, 0.2) is 52.4 Å². The molecule has 2 aliphatic rings. The number of halogens is 5. The Morgan fingerprint density at radius 2 is 1.96 bits per heavy atom. The van der Waals surface area contributed by atoms with Crippen molar-refractivity contribution in [2.45, 2.75) is 67.7 Å². The number of piperidine rings is 1. The zero-order valence-electron chi connectivity index (χ0n) is 24.1. The zero-order valence-corrected chi connectivity index (χ0v) is 27.1. The van der Waals surface area contributed by atoms with Crippen molar-refractivity contribution in [3.8, 4) is 28.3 Å². The summed E-state index contributed by atoms with van der Waals surface area (Å²) in [6.07, 6.45) is -1.77. The highest BCUT2D eigenvalue weighted by molar-refractivity contribution is 14.1. The third kappa shape index (κ3) is 6.97. The summed E-state index contributed by atoms with van der Waals surface area (Å²) in [4.78, 5) is 18.7. The molecule has 2 aromatic heterocycles. The number of benzene rings is 2. The van der Waals surface area contributed by atoms with E-state index in [1.807, 2.05) is 5.38 Å². The molecule has 6 rings (SSSR count). The summed E-state index contributed by atoms with van der Waals surface area (Å²) in [5, 5.41) is 6.81. The Morgan fingerprint density at radius 3 is 2.64 bits per heavy atom. The van der Waals surface area contributed by atoms with Crippen molar-refractivity contribution < 1.29 is 41.1 Å². The SMILES string of the molecule is COC(=O)c1ccc(-c2csc(N3[C@H](C)C[C@H](OCc4c(-c5ccccc5OC(F)(F)F)noc4C4CC4)C[C@@H]3I)n2)cc1F. The number of alkyl halides is 4. The summed E-state index contributed by atoms with van der Waals surface area (Å²) in [5.41, 5.74) is 2.14. The van der Waals surface area contributed by atoms with Gasteiger partial charge < -0.3 is 23.6 Å². The van der Waals surface area contributed by atoms with Gasteiger partial charge >= 0.3 is 12.3 Å². The fourth-order valence-corrected chi connectivity index (χ4v) is 8.08. The van der Waals surface area contributed by atoms with Crippen molar-refractivity contribution in [3.63, 3.8) is 0 Å². The van der Waals surface area contributed by atoms with E-state index < -0.39 is 18.1 Å². The van der Waals surface area contributed by atoms with Crippen molar-refractivity contribution in [1.82, 2.24) is 10.1 Å². The molecular formula is C31H28F4IN3O5S. The van der Waals surface area contributed by atoms with Crippen LogP contribution in [0.25, 0.3) is 22.5 Å². The van der Waals surface area contributed by atoms with Crippen LogP contribution in [0.2, 0.25) is 0 Å². The fraction of sp³-hybridized carbons (Fsp3) is 0.387. The molecule has 1 saturated heterocycles. The number of nitrogens with zero attached hydrogens (tertiary/aromatic N) is 3. The van der Waals surface area contributed by atoms with Crippen LogP contribution in [0, 0.1) is 5.82 Å². The van der Waals surface area contributed by atoms with Crippen molar-refractivity contribution in [2.24, 2.45) is 0 Å². The lowest BCUT2D eigenvalue weighted by Gasteiger charge is -2.41. The van der Waals surface area contributed by atoms with Crippen LogP contribution < -0.4 is 9.64 Å². The van der Waals surface area contributed by atoms with E-state index in [4.69, 9.17) is 14.2 Å². The molecule has 3 heterocycles. The average molecular weight is 758 g/mol. The molecule has 1 aliphatic carbocycles. The number of carbonyl (C=O) groups excluding carboxylic acids is 1. The maximum Gasteiger partial charge on any atom is 0.573 e. The number of hydrogen-bond acceptors (Lipinski definition) is 9. The van der Waals surface area contributed by atoms with Gasteiger partial charge in [-0.3, -0.25) is 0 Å². The van der Waals surface area contributed by atoms with Crippen molar-refractivity contribution >= 4 is 45.0 Å². The van der Waals surface area contributed by atoms with E-state index in [0.29, 0.717) is 41.1 Å². The first kappa shape index (κ1) is 31.7. The largest absolute Gasteiger partial charge is 0.573 e. The molecule has 8 nitrogen and oxygen atoms in total. The molecule has 0 unspecified atom stereocenters. The summed E-state index contributed by atoms with van der Waals surface area (Å²) in [7, 11) is 1.20. The molecule has 2 aromatic carbocycles. The Labute approximate surface area is 273 Å². The number of anilines is 1. The minimum Gasteiger partial charge on any atom is -0.465 e. The number of rotatable bonds is 9. The molecule has 0 bridgehead atoms. The molecule has 0 amide bonds. The van der Waals surface area contributed by atoms with Gasteiger partial charge in [0.25, 0.3) is 0 Å². The Morgan fingerprint density at radius 1 is 1.18 bits per heavy atom. The predicted molar refractivity (Wildman–Crippen MR) is 167 cm³/mol. The van der Waals surface area contributed by atoms with Crippen molar-refractivity contribution in [1.29, 1.82) is 0 Å². The molecule has 2 fully saturated rings. The lowest BCUT2D eigenvalue weighted by atomic mass is 10.0. The smallest absolute Gasteiger partial charge is 0.465 e. The maximum absolute atomic E-state index is 14.5. The van der Waals surface area contributed by atoms with Gasteiger partial charge in [-0.15, -0.1) is 24.5 Å². The predicted octanol–water partition coefficient (Wildman–Crippen LogP) is 8.50. The molecule has 3 atom stereocenters. The Balaban J connectivity index is 1.16. The van der Waals surface area contributed by atoms with Crippen LogP contribution in [0.3, 0.4) is 0 Å². The normalized spacial score (nSPS) is 20.3. The van der Waals surface area contributed by atoms with Crippen LogP contribution in [-0.4, -0.2) is 45.8 Å². The van der Waals surface area contributed by atoms with Crippen molar-refractivity contribution in [2.75, 3.05) is 12.0 Å². The number of ether oxygens (including phenoxy) is 3. The molecule has 0 radical (unpaired) electrons. The van der Waals surface area contributed by atoms with Crippen LogP contribution in [-0.2, 0) is 16.1 Å². The van der Waals surface area contributed by atoms with Crippen LogP contribution >= 0.6 is 33.9 Å². The van der Waals surface area contributed by atoms with E-state index in [9.17, 15) is 22.4 Å². The van der Waals surface area contributed by atoms with E-state index in [1.54, 1.807) is 12.1 Å². The monoisotopic (exact) mass is 757 g/mol. The number of methoxy groups -OCH3 is 1. The fourth-order valence-electron chi connectivity index (χ4n) is 5.52. The van der Waals surface area contributed by atoms with Gasteiger partial charge in [0, 0.05) is 40.5 Å². The number of hydrogen-bond donors (Lipinski definition) is 0. The lowest BCUT2D eigenvalue weighted by Crippen LogP contribution is -2.47. The summed E-state index contributed by atoms with van der Waals surface area (Å²) in [6, 6.07) is 10.3. The summed E-state index contributed by atoms with van der Waals surface area (Å²) in [5.74, 6) is -0.947. The third-order valence-electron chi connectivity index (χ3n) is 7.82. The molecule has 4 aromatic rings. The van der Waals surface area contributed by atoms with E-state index in [0.717, 1.165) is 18.0 Å². The van der Waals surface area contributed by atoms with E-state index in [1.165, 1.54) is 48.8 Å². The van der Waals surface area contributed by atoms with E-state index in [-0.39, 0.29) is 45.6 Å². The van der Waals surface area contributed by atoms with Gasteiger partial charge in [0.2, 0.25) is 0 Å². The first-order chi connectivity index (χ1) is 21.5. The Bertz CT molecular complexity index is 1680. The van der Waals surface area contributed by atoms with E-state index >= 15 is 0 Å². The highest BCUT2D eigenvalue weighted by Gasteiger charge is 2.38. The van der Waals surface area contributed by atoms with Gasteiger partial charge in [0.15, 0.2) is 5.13 Å². The Hall–Kier alpha value is -3.24. The highest BCUT2D eigenvalue weighted by Crippen LogP contribution is 2.46. The second-order valence-electron chi connectivity index (χ2n) is 11.0. The second-order valence-corrected chi connectivity index (χ2v) is 13.3. The van der Waals surface area contributed by atoms with Crippen molar-refractivity contribution in [3.05, 3.63) is 70.5 Å². The van der Waals surface area contributed by atoms with Gasteiger partial charge in [-0.2, -0.15) is 0 Å². The zero-order chi connectivity index (χ0) is 31.9. The van der Waals surface area contributed by atoms with Gasteiger partial charge in [-0.1, -0.05) is 45.9 Å². The number of para-hydroxylation sites is 1. The summed E-state index contributed by atoms with van der Waals surface area (Å²) in [6.45, 7) is 2.22. The highest BCUT2D eigenvalue weighted by atomic mass is 127. The van der Waals surface area contributed by atoms with Crippen LogP contribution in [0.4, 0.5) is 22.7 Å². The average Bonchev–Trinajstić information content (AvgIpc) is 3.56. The van der Waals surface area contributed by atoms with Crippen LogP contribution in [0.1, 0.15) is 60.2 Å². The molecule has 238 valence electrons. The van der Waals surface area contributed by atoms with Gasteiger partial charge in [0.1, 0.15) is 23.0 Å². The second kappa shape index (κ2) is 12.9. The molecule has 0 spiro atoms. The van der Waals surface area contributed by atoms with Gasteiger partial charge in [-0.25, -0.2) is 14.2 Å². The van der Waals surface area contributed by atoms with Gasteiger partial charge in [-0.05, 0) is 50.5 Å². The maximum atomic E-state index is 14.5. The molecule has 1 saturated carbocycles. The number of thiazole rings is 1. The molecule has 14 heteroatoms. The molecule has 0 N–H and O–H groups in total. The summed E-state index contributed by atoms with van der Waals surface area (Å²) >= 11 is 3.81.